The molecule has 29 heavy (non-hydrogen) atoms. The van der Waals surface area contributed by atoms with Crippen LogP contribution in [0.3, 0.4) is 0 Å². The molecule has 1 saturated carbocycles. The molecule has 2 amide bonds. The van der Waals surface area contributed by atoms with Crippen molar-refractivity contribution in [2.45, 2.75) is 43.2 Å². The lowest BCUT2D eigenvalue weighted by Crippen LogP contribution is -2.54. The van der Waals surface area contributed by atoms with Gasteiger partial charge in [0.15, 0.2) is 6.10 Å². The minimum atomic E-state index is -0.825. The largest absolute Gasteiger partial charge is 0.356 e. The first kappa shape index (κ1) is 19.6. The van der Waals surface area contributed by atoms with Gasteiger partial charge in [-0.1, -0.05) is 61.4 Å². The van der Waals surface area contributed by atoms with E-state index in [1.54, 1.807) is 6.07 Å². The second-order valence-electron chi connectivity index (χ2n) is 7.87. The van der Waals surface area contributed by atoms with Gasteiger partial charge in [-0.3, -0.25) is 9.59 Å². The van der Waals surface area contributed by atoms with Crippen molar-refractivity contribution in [3.05, 3.63) is 71.5 Å². The van der Waals surface area contributed by atoms with Crippen LogP contribution in [-0.4, -0.2) is 31.1 Å². The maximum absolute atomic E-state index is 14.5. The second-order valence-corrected chi connectivity index (χ2v) is 7.87. The van der Waals surface area contributed by atoms with Gasteiger partial charge in [-0.15, -0.1) is 0 Å². The number of rotatable bonds is 5. The zero-order valence-corrected chi connectivity index (χ0v) is 16.2. The molecule has 1 aliphatic carbocycles. The Morgan fingerprint density at radius 3 is 2.52 bits per heavy atom. The smallest absolute Gasteiger partial charge is 0.251 e. The van der Waals surface area contributed by atoms with Crippen LogP contribution in [0, 0.1) is 5.82 Å². The molecule has 152 valence electrons. The Bertz CT molecular complexity index is 881. The molecule has 0 unspecified atom stereocenters. The van der Waals surface area contributed by atoms with Crippen LogP contribution >= 0.6 is 0 Å². The summed E-state index contributed by atoms with van der Waals surface area (Å²) in [7, 11) is 0. The van der Waals surface area contributed by atoms with Crippen LogP contribution in [0.5, 0.6) is 0 Å². The number of halogens is 1. The minimum absolute atomic E-state index is 0.153. The molecule has 0 radical (unpaired) electrons. The third-order valence-corrected chi connectivity index (χ3v) is 6.04. The lowest BCUT2D eigenvalue weighted by Gasteiger charge is -2.34. The summed E-state index contributed by atoms with van der Waals surface area (Å²) >= 11 is 0. The molecule has 4 rings (SSSR count). The molecule has 2 aromatic rings. The predicted molar refractivity (Wildman–Crippen MR) is 107 cm³/mol. The van der Waals surface area contributed by atoms with E-state index in [9.17, 15) is 14.0 Å². The first-order valence-electron chi connectivity index (χ1n) is 10.1. The highest BCUT2D eigenvalue weighted by Crippen LogP contribution is 2.41. The molecule has 2 fully saturated rings. The monoisotopic (exact) mass is 396 g/mol. The van der Waals surface area contributed by atoms with Crippen molar-refractivity contribution < 1.29 is 18.7 Å². The van der Waals surface area contributed by atoms with Gasteiger partial charge in [0.2, 0.25) is 5.91 Å². The quantitative estimate of drug-likeness (QED) is 0.817. The van der Waals surface area contributed by atoms with Gasteiger partial charge in [0.1, 0.15) is 12.4 Å². The number of amides is 2. The van der Waals surface area contributed by atoms with Crippen LogP contribution in [0.2, 0.25) is 0 Å². The standard InChI is InChI=1S/C23H25FN2O3/c24-18-11-5-4-10-17(18)23(12-6-7-13-23)15-25-22(28)21-20(26-19(27)14-29-21)16-8-2-1-3-9-16/h1-5,8-11,20-21H,6-7,12-15H2,(H,25,28)(H,26,27)/t20-,21+/m1/s1. The Morgan fingerprint density at radius 2 is 1.79 bits per heavy atom. The summed E-state index contributed by atoms with van der Waals surface area (Å²) in [6.07, 6.45) is 2.85. The number of hydrogen-bond donors (Lipinski definition) is 2. The number of carbonyl (C=O) groups excluding carboxylic acids is 2. The molecule has 2 aliphatic rings. The average molecular weight is 396 g/mol. The molecule has 1 heterocycles. The molecule has 0 aromatic heterocycles. The number of hydrogen-bond acceptors (Lipinski definition) is 3. The Labute approximate surface area is 169 Å². The van der Waals surface area contributed by atoms with E-state index in [2.05, 4.69) is 10.6 Å². The van der Waals surface area contributed by atoms with E-state index >= 15 is 0 Å². The molecule has 0 bridgehead atoms. The van der Waals surface area contributed by atoms with Crippen LogP contribution < -0.4 is 10.6 Å². The molecule has 6 heteroatoms. The van der Waals surface area contributed by atoms with E-state index in [1.807, 2.05) is 42.5 Å². The summed E-state index contributed by atoms with van der Waals surface area (Å²) < 4.78 is 20.1. The third kappa shape index (κ3) is 4.03. The van der Waals surface area contributed by atoms with E-state index in [0.717, 1.165) is 31.2 Å². The fourth-order valence-corrected chi connectivity index (χ4v) is 4.54. The van der Waals surface area contributed by atoms with E-state index in [4.69, 9.17) is 4.74 Å². The zero-order chi connectivity index (χ0) is 20.3. The van der Waals surface area contributed by atoms with E-state index in [-0.39, 0.29) is 24.2 Å². The highest BCUT2D eigenvalue weighted by molar-refractivity contribution is 5.86. The molecule has 0 spiro atoms. The van der Waals surface area contributed by atoms with Crippen LogP contribution in [-0.2, 0) is 19.7 Å². The van der Waals surface area contributed by atoms with Crippen LogP contribution in [0.1, 0.15) is 42.9 Å². The SMILES string of the molecule is O=C1CO[C@H](C(=O)NCC2(c3ccccc3F)CCCC2)[C@@H](c2ccccc2)N1. The normalized spacial score (nSPS) is 23.4. The number of carbonyl (C=O) groups is 2. The summed E-state index contributed by atoms with van der Waals surface area (Å²) in [6, 6.07) is 15.6. The average Bonchev–Trinajstić information content (AvgIpc) is 3.23. The van der Waals surface area contributed by atoms with Crippen molar-refractivity contribution in [1.82, 2.24) is 10.6 Å². The summed E-state index contributed by atoms with van der Waals surface area (Å²) in [5.74, 6) is -0.769. The Balaban J connectivity index is 1.52. The highest BCUT2D eigenvalue weighted by Gasteiger charge is 2.40. The molecule has 2 aromatic carbocycles. The Kier molecular flexibility index (Phi) is 5.62. The maximum atomic E-state index is 14.5. The fourth-order valence-electron chi connectivity index (χ4n) is 4.54. The molecular formula is C23H25FN2O3. The first-order chi connectivity index (χ1) is 14.1. The van der Waals surface area contributed by atoms with Gasteiger partial charge in [0.05, 0.1) is 6.04 Å². The van der Waals surface area contributed by atoms with Gasteiger partial charge in [-0.25, -0.2) is 4.39 Å². The summed E-state index contributed by atoms with van der Waals surface area (Å²) in [5.41, 5.74) is 1.07. The van der Waals surface area contributed by atoms with Gasteiger partial charge in [0.25, 0.3) is 5.91 Å². The Morgan fingerprint density at radius 1 is 1.10 bits per heavy atom. The molecule has 1 aliphatic heterocycles. The zero-order valence-electron chi connectivity index (χ0n) is 16.2. The number of benzene rings is 2. The topological polar surface area (TPSA) is 67.4 Å². The second kappa shape index (κ2) is 8.33. The van der Waals surface area contributed by atoms with Gasteiger partial charge in [0, 0.05) is 12.0 Å². The van der Waals surface area contributed by atoms with E-state index < -0.39 is 17.6 Å². The van der Waals surface area contributed by atoms with Crippen LogP contribution in [0.25, 0.3) is 0 Å². The summed E-state index contributed by atoms with van der Waals surface area (Å²) in [5, 5.41) is 5.85. The van der Waals surface area contributed by atoms with Crippen molar-refractivity contribution in [1.29, 1.82) is 0 Å². The molecular weight excluding hydrogens is 371 g/mol. The summed E-state index contributed by atoms with van der Waals surface area (Å²) in [6.45, 7) is 0.196. The van der Waals surface area contributed by atoms with Crippen LogP contribution in [0.4, 0.5) is 4.39 Å². The number of nitrogens with one attached hydrogen (secondary N) is 2. The van der Waals surface area contributed by atoms with E-state index in [1.165, 1.54) is 6.07 Å². The first-order valence-corrected chi connectivity index (χ1v) is 10.1. The van der Waals surface area contributed by atoms with Crippen molar-refractivity contribution in [3.8, 4) is 0 Å². The van der Waals surface area contributed by atoms with Gasteiger partial charge >= 0.3 is 0 Å². The van der Waals surface area contributed by atoms with Crippen molar-refractivity contribution in [2.24, 2.45) is 0 Å². The number of morpholine rings is 1. The third-order valence-electron chi connectivity index (χ3n) is 6.04. The van der Waals surface area contributed by atoms with Crippen molar-refractivity contribution in [2.75, 3.05) is 13.2 Å². The summed E-state index contributed by atoms with van der Waals surface area (Å²) in [4.78, 5) is 24.9. The lowest BCUT2D eigenvalue weighted by atomic mass is 9.78. The van der Waals surface area contributed by atoms with Crippen LogP contribution in [0.15, 0.2) is 54.6 Å². The minimum Gasteiger partial charge on any atom is -0.356 e. The number of ether oxygens (including phenoxy) is 1. The van der Waals surface area contributed by atoms with Gasteiger partial charge < -0.3 is 15.4 Å². The van der Waals surface area contributed by atoms with Crippen molar-refractivity contribution in [3.63, 3.8) is 0 Å². The highest BCUT2D eigenvalue weighted by atomic mass is 19.1. The van der Waals surface area contributed by atoms with Crippen molar-refractivity contribution >= 4 is 11.8 Å². The predicted octanol–water partition coefficient (Wildman–Crippen LogP) is 3.01. The maximum Gasteiger partial charge on any atom is 0.251 e. The molecule has 1 saturated heterocycles. The molecule has 5 nitrogen and oxygen atoms in total. The fraction of sp³-hybridized carbons (Fsp3) is 0.391. The van der Waals surface area contributed by atoms with Gasteiger partial charge in [-0.2, -0.15) is 0 Å². The molecule has 2 atom stereocenters. The molecule has 2 N–H and O–H groups in total. The van der Waals surface area contributed by atoms with Gasteiger partial charge in [-0.05, 0) is 30.0 Å². The van der Waals surface area contributed by atoms with E-state index in [0.29, 0.717) is 12.1 Å². The lowest BCUT2D eigenvalue weighted by molar-refractivity contribution is -0.148. The Hall–Kier alpha value is -2.73.